The minimum atomic E-state index is -3.99. The molecule has 4 aromatic heterocycles. The van der Waals surface area contributed by atoms with Gasteiger partial charge < -0.3 is 0 Å². The van der Waals surface area contributed by atoms with Gasteiger partial charge in [-0.3, -0.25) is 14.5 Å². The topological polar surface area (TPSA) is 138 Å². The van der Waals surface area contributed by atoms with E-state index in [-0.39, 0.29) is 25.5 Å². The van der Waals surface area contributed by atoms with Gasteiger partial charge in [-0.25, -0.2) is 31.8 Å². The number of rotatable bonds is 7. The number of fused-ring (bicyclic) bond motifs is 3. The molecule has 238 valence electrons. The van der Waals surface area contributed by atoms with E-state index in [2.05, 4.69) is 24.9 Å². The second-order valence-electron chi connectivity index (χ2n) is 11.1. The van der Waals surface area contributed by atoms with E-state index in [0.29, 0.717) is 44.3 Å². The Bertz CT molecular complexity index is 2570. The third-order valence-corrected chi connectivity index (χ3v) is 11.7. The second kappa shape index (κ2) is 11.8. The molecule has 0 N–H and O–H groups in total. The monoisotopic (exact) mass is 680 g/mol. The Labute approximate surface area is 281 Å². The van der Waals surface area contributed by atoms with E-state index in [1.165, 1.54) is 12.7 Å². The van der Waals surface area contributed by atoms with Crippen LogP contribution in [0.25, 0.3) is 50.3 Å². The van der Waals surface area contributed by atoms with Gasteiger partial charge in [-0.2, -0.15) is 0 Å². The van der Waals surface area contributed by atoms with Crippen molar-refractivity contribution in [3.05, 3.63) is 146 Å². The van der Waals surface area contributed by atoms with Gasteiger partial charge in [-0.05, 0) is 72.8 Å². The number of benzene rings is 4. The molecule has 8 aromatic rings. The lowest BCUT2D eigenvalue weighted by Crippen LogP contribution is -2.05. The van der Waals surface area contributed by atoms with Crippen LogP contribution in [0.5, 0.6) is 0 Å². The number of pyridine rings is 2. The molecule has 0 saturated heterocycles. The molecule has 0 fully saturated rings. The van der Waals surface area contributed by atoms with Crippen molar-refractivity contribution in [2.75, 3.05) is 0 Å². The summed E-state index contributed by atoms with van der Waals surface area (Å²) in [6, 6.07) is 33.9. The average Bonchev–Trinajstić information content (AvgIpc) is 3.49. The van der Waals surface area contributed by atoms with E-state index in [1.54, 1.807) is 102 Å². The Morgan fingerprint density at radius 1 is 0.449 bits per heavy atom. The van der Waals surface area contributed by atoms with Crippen molar-refractivity contribution in [3.8, 4) is 28.5 Å². The summed E-state index contributed by atoms with van der Waals surface area (Å²) >= 11 is 0. The van der Waals surface area contributed by atoms with Crippen LogP contribution in [0.2, 0.25) is 0 Å². The molecule has 0 radical (unpaired) electrons. The van der Waals surface area contributed by atoms with Gasteiger partial charge in [0.25, 0.3) is 0 Å². The van der Waals surface area contributed by atoms with Crippen molar-refractivity contribution >= 4 is 41.5 Å². The molecule has 0 unspecified atom stereocenters. The number of nitrogens with zero attached hydrogens (tertiary/aromatic N) is 6. The molecular weight excluding hydrogens is 657 g/mol. The van der Waals surface area contributed by atoms with Crippen LogP contribution in [0.15, 0.2) is 166 Å². The molecule has 49 heavy (non-hydrogen) atoms. The third kappa shape index (κ3) is 5.32. The number of aromatic nitrogens is 6. The number of hydrogen-bond donors (Lipinski definition) is 0. The highest BCUT2D eigenvalue weighted by Gasteiger charge is 2.24. The van der Waals surface area contributed by atoms with Gasteiger partial charge in [-0.15, -0.1) is 0 Å². The van der Waals surface area contributed by atoms with Crippen LogP contribution < -0.4 is 0 Å². The summed E-state index contributed by atoms with van der Waals surface area (Å²) in [5, 5.41) is 1.38. The minimum Gasteiger partial charge on any atom is -0.278 e. The van der Waals surface area contributed by atoms with E-state index < -0.39 is 19.7 Å². The largest absolute Gasteiger partial charge is 0.278 e. The van der Waals surface area contributed by atoms with Gasteiger partial charge in [0.1, 0.15) is 12.7 Å². The van der Waals surface area contributed by atoms with Gasteiger partial charge >= 0.3 is 0 Å². The maximum Gasteiger partial charge on any atom is 0.237 e. The minimum absolute atomic E-state index is 0.0514. The smallest absolute Gasteiger partial charge is 0.237 e. The first-order valence-corrected chi connectivity index (χ1v) is 18.0. The van der Waals surface area contributed by atoms with E-state index in [0.717, 1.165) is 0 Å². The van der Waals surface area contributed by atoms with E-state index in [9.17, 15) is 16.8 Å². The fourth-order valence-electron chi connectivity index (χ4n) is 5.86. The van der Waals surface area contributed by atoms with Crippen molar-refractivity contribution in [2.24, 2.45) is 0 Å². The van der Waals surface area contributed by atoms with Gasteiger partial charge in [0, 0.05) is 34.3 Å². The fourth-order valence-corrected chi connectivity index (χ4v) is 8.51. The lowest BCUT2D eigenvalue weighted by molar-refractivity contribution is 0.594. The highest BCUT2D eigenvalue weighted by molar-refractivity contribution is 7.91. The molecular formula is C37H24N6O4S2. The van der Waals surface area contributed by atoms with Gasteiger partial charge in [0.05, 0.1) is 42.0 Å². The SMILES string of the molecule is O=S(=O)(c1cccc(-c2ccccn2)c1)c1ccc2c3ccc(S(=O)(=O)c4cccc(-c5ccccn5)c4)cc3n(-c3ncncn3)c2c1. The second-order valence-corrected chi connectivity index (χ2v) is 15.0. The normalized spacial score (nSPS) is 12.0. The molecule has 0 bridgehead atoms. The Morgan fingerprint density at radius 2 is 0.918 bits per heavy atom. The van der Waals surface area contributed by atoms with Crippen LogP contribution in [-0.2, 0) is 19.7 Å². The lowest BCUT2D eigenvalue weighted by Gasteiger charge is -2.10. The standard InChI is InChI=1S/C37H24N6O4S2/c44-48(45,27-9-5-7-25(19-27)33-11-1-3-17-39-33)29-13-15-31-32-16-14-30(22-36(32)43(35(31)21-29)37-41-23-38-24-42-37)49(46,47)28-10-6-8-26(20-28)34-12-2-4-18-40-34/h1-24H. The zero-order chi connectivity index (χ0) is 33.6. The predicted octanol–water partition coefficient (Wildman–Crippen LogP) is 6.76. The van der Waals surface area contributed by atoms with Crippen molar-refractivity contribution in [1.29, 1.82) is 0 Å². The molecule has 4 aromatic carbocycles. The predicted molar refractivity (Wildman–Crippen MR) is 184 cm³/mol. The summed E-state index contributed by atoms with van der Waals surface area (Å²) in [5.74, 6) is 0.202. The van der Waals surface area contributed by atoms with Crippen molar-refractivity contribution in [3.63, 3.8) is 0 Å². The lowest BCUT2D eigenvalue weighted by atomic mass is 10.1. The highest BCUT2D eigenvalue weighted by Crippen LogP contribution is 2.36. The van der Waals surface area contributed by atoms with Gasteiger partial charge in [-0.1, -0.05) is 48.5 Å². The molecule has 0 amide bonds. The highest BCUT2D eigenvalue weighted by atomic mass is 32.2. The van der Waals surface area contributed by atoms with Gasteiger partial charge in [0.2, 0.25) is 25.6 Å². The summed E-state index contributed by atoms with van der Waals surface area (Å²) in [5.41, 5.74) is 3.60. The molecule has 4 heterocycles. The first-order valence-electron chi connectivity index (χ1n) is 15.0. The molecule has 0 atom stereocenters. The Kier molecular flexibility index (Phi) is 7.31. The van der Waals surface area contributed by atoms with E-state index in [4.69, 9.17) is 0 Å². The van der Waals surface area contributed by atoms with Gasteiger partial charge in [0.15, 0.2) is 0 Å². The maximum atomic E-state index is 14.0. The van der Waals surface area contributed by atoms with Crippen LogP contribution in [0.3, 0.4) is 0 Å². The van der Waals surface area contributed by atoms with Crippen LogP contribution in [0, 0.1) is 0 Å². The van der Waals surface area contributed by atoms with Crippen LogP contribution >= 0.6 is 0 Å². The Morgan fingerprint density at radius 3 is 1.37 bits per heavy atom. The first-order chi connectivity index (χ1) is 23.8. The summed E-state index contributed by atoms with van der Waals surface area (Å²) in [6.07, 6.45) is 5.96. The van der Waals surface area contributed by atoms with Crippen molar-refractivity contribution < 1.29 is 16.8 Å². The van der Waals surface area contributed by atoms with E-state index in [1.807, 2.05) is 36.4 Å². The fraction of sp³-hybridized carbons (Fsp3) is 0. The van der Waals surface area contributed by atoms with Crippen LogP contribution in [0.4, 0.5) is 0 Å². The quantitative estimate of drug-likeness (QED) is 0.179. The molecule has 0 saturated carbocycles. The molecule has 10 nitrogen and oxygen atoms in total. The average molecular weight is 681 g/mol. The number of hydrogen-bond acceptors (Lipinski definition) is 9. The van der Waals surface area contributed by atoms with Crippen LogP contribution in [0.1, 0.15) is 0 Å². The maximum absolute atomic E-state index is 14.0. The molecule has 0 spiro atoms. The summed E-state index contributed by atoms with van der Waals surface area (Å²) in [6.45, 7) is 0. The van der Waals surface area contributed by atoms with E-state index >= 15 is 0 Å². The van der Waals surface area contributed by atoms with Crippen molar-refractivity contribution in [2.45, 2.75) is 19.6 Å². The molecule has 0 aliphatic heterocycles. The molecule has 0 aliphatic rings. The molecule has 8 rings (SSSR count). The first kappa shape index (κ1) is 30.2. The summed E-state index contributed by atoms with van der Waals surface area (Å²) in [7, 11) is -7.97. The third-order valence-electron chi connectivity index (χ3n) is 8.22. The zero-order valence-corrected chi connectivity index (χ0v) is 27.1. The van der Waals surface area contributed by atoms with Crippen LogP contribution in [-0.4, -0.2) is 46.3 Å². The summed E-state index contributed by atoms with van der Waals surface area (Å²) in [4.78, 5) is 21.6. The molecule has 0 aliphatic carbocycles. The van der Waals surface area contributed by atoms with Crippen molar-refractivity contribution in [1.82, 2.24) is 29.5 Å². The number of sulfone groups is 2. The molecule has 12 heteroatoms. The zero-order valence-electron chi connectivity index (χ0n) is 25.5. The summed E-state index contributed by atoms with van der Waals surface area (Å²) < 4.78 is 57.8. The Balaban J connectivity index is 1.28. The Hall–Kier alpha value is -6.11.